The third-order valence-corrected chi connectivity index (χ3v) is 2.68. The van der Waals surface area contributed by atoms with Gasteiger partial charge in [0.2, 0.25) is 0 Å². The van der Waals surface area contributed by atoms with Gasteiger partial charge < -0.3 is 14.9 Å². The summed E-state index contributed by atoms with van der Waals surface area (Å²) in [6, 6.07) is 0. The number of aliphatic hydroxyl groups excluding tert-OH is 1. The molecule has 1 aliphatic rings. The van der Waals surface area contributed by atoms with Crippen molar-refractivity contribution in [2.45, 2.75) is 25.9 Å². The van der Waals surface area contributed by atoms with E-state index >= 15 is 0 Å². The minimum atomic E-state index is -0.152. The predicted molar refractivity (Wildman–Crippen MR) is 54.9 cm³/mol. The number of likely N-dealkylation sites (N-methyl/N-ethyl adjacent to an activating group) is 1. The Morgan fingerprint density at radius 3 is 2.69 bits per heavy atom. The lowest BCUT2D eigenvalue weighted by atomic mass is 10.2. The molecule has 1 fully saturated rings. The lowest BCUT2D eigenvalue weighted by Gasteiger charge is -2.20. The SMILES string of the molecule is CC(O)CCN1CCCN(C)CC1. The fraction of sp³-hybridized carbons (Fsp3) is 1.00. The fourth-order valence-electron chi connectivity index (χ4n) is 1.69. The average Bonchev–Trinajstić information content (AvgIpc) is 2.27. The van der Waals surface area contributed by atoms with E-state index in [0.29, 0.717) is 0 Å². The minimum absolute atomic E-state index is 0.152. The first-order valence-corrected chi connectivity index (χ1v) is 5.27. The molecule has 1 rings (SSSR count). The Kier molecular flexibility index (Phi) is 4.70. The lowest BCUT2D eigenvalue weighted by molar-refractivity contribution is 0.157. The Morgan fingerprint density at radius 2 is 2.00 bits per heavy atom. The van der Waals surface area contributed by atoms with Crippen LogP contribution in [0.5, 0.6) is 0 Å². The Balaban J connectivity index is 2.18. The van der Waals surface area contributed by atoms with Gasteiger partial charge >= 0.3 is 0 Å². The van der Waals surface area contributed by atoms with Crippen molar-refractivity contribution >= 4 is 0 Å². The highest BCUT2D eigenvalue weighted by Gasteiger charge is 2.11. The van der Waals surface area contributed by atoms with Crippen LogP contribution in [0.1, 0.15) is 19.8 Å². The van der Waals surface area contributed by atoms with Crippen LogP contribution in [0.4, 0.5) is 0 Å². The van der Waals surface area contributed by atoms with Crippen molar-refractivity contribution in [3.63, 3.8) is 0 Å². The first kappa shape index (κ1) is 11.0. The van der Waals surface area contributed by atoms with Gasteiger partial charge in [-0.3, -0.25) is 0 Å². The van der Waals surface area contributed by atoms with E-state index < -0.39 is 0 Å². The molecular weight excluding hydrogens is 164 g/mol. The maximum absolute atomic E-state index is 9.17. The standard InChI is InChI=1S/C10H22N2O/c1-10(13)4-7-12-6-3-5-11(2)8-9-12/h10,13H,3-9H2,1-2H3. The molecule has 78 valence electrons. The molecule has 0 aromatic carbocycles. The van der Waals surface area contributed by atoms with Gasteiger partial charge in [-0.2, -0.15) is 0 Å². The molecule has 1 unspecified atom stereocenters. The van der Waals surface area contributed by atoms with E-state index in [1.165, 1.54) is 26.1 Å². The number of rotatable bonds is 3. The molecule has 3 heteroatoms. The van der Waals surface area contributed by atoms with Crippen LogP contribution in [0.15, 0.2) is 0 Å². The first-order chi connectivity index (χ1) is 6.18. The van der Waals surface area contributed by atoms with Crippen molar-refractivity contribution in [3.8, 4) is 0 Å². The molecule has 3 nitrogen and oxygen atoms in total. The smallest absolute Gasteiger partial charge is 0.0524 e. The average molecular weight is 186 g/mol. The maximum atomic E-state index is 9.17. The van der Waals surface area contributed by atoms with E-state index in [4.69, 9.17) is 5.11 Å². The third kappa shape index (κ3) is 4.60. The van der Waals surface area contributed by atoms with Crippen molar-refractivity contribution in [3.05, 3.63) is 0 Å². The largest absolute Gasteiger partial charge is 0.393 e. The summed E-state index contributed by atoms with van der Waals surface area (Å²) < 4.78 is 0. The normalized spacial score (nSPS) is 24.2. The molecule has 1 heterocycles. The molecule has 0 saturated carbocycles. The van der Waals surface area contributed by atoms with Crippen molar-refractivity contribution in [2.75, 3.05) is 39.8 Å². The molecule has 0 aromatic rings. The fourth-order valence-corrected chi connectivity index (χ4v) is 1.69. The van der Waals surface area contributed by atoms with E-state index in [0.717, 1.165) is 19.5 Å². The highest BCUT2D eigenvalue weighted by Crippen LogP contribution is 2.02. The van der Waals surface area contributed by atoms with Gasteiger partial charge in [-0.1, -0.05) is 0 Å². The minimum Gasteiger partial charge on any atom is -0.393 e. The van der Waals surface area contributed by atoms with Crippen LogP contribution in [0.3, 0.4) is 0 Å². The lowest BCUT2D eigenvalue weighted by Crippen LogP contribution is -2.31. The summed E-state index contributed by atoms with van der Waals surface area (Å²) in [5.74, 6) is 0. The van der Waals surface area contributed by atoms with Gasteiger partial charge in [0, 0.05) is 19.6 Å². The van der Waals surface area contributed by atoms with E-state index in [1.54, 1.807) is 0 Å². The number of hydrogen-bond donors (Lipinski definition) is 1. The van der Waals surface area contributed by atoms with Crippen LogP contribution in [0.25, 0.3) is 0 Å². The Bertz CT molecular complexity index is 139. The zero-order valence-corrected chi connectivity index (χ0v) is 8.87. The second-order valence-electron chi connectivity index (χ2n) is 4.14. The van der Waals surface area contributed by atoms with Crippen LogP contribution >= 0.6 is 0 Å². The summed E-state index contributed by atoms with van der Waals surface area (Å²) in [4.78, 5) is 4.83. The summed E-state index contributed by atoms with van der Waals surface area (Å²) in [5, 5.41) is 9.17. The van der Waals surface area contributed by atoms with E-state index in [-0.39, 0.29) is 6.10 Å². The van der Waals surface area contributed by atoms with Crippen molar-refractivity contribution in [1.82, 2.24) is 9.80 Å². The summed E-state index contributed by atoms with van der Waals surface area (Å²) in [5.41, 5.74) is 0. The highest BCUT2D eigenvalue weighted by atomic mass is 16.3. The molecular formula is C10H22N2O. The molecule has 1 saturated heterocycles. The summed E-state index contributed by atoms with van der Waals surface area (Å²) >= 11 is 0. The molecule has 0 amide bonds. The monoisotopic (exact) mass is 186 g/mol. The summed E-state index contributed by atoms with van der Waals surface area (Å²) in [6.07, 6.45) is 2.01. The molecule has 0 spiro atoms. The van der Waals surface area contributed by atoms with Crippen LogP contribution in [-0.2, 0) is 0 Å². The van der Waals surface area contributed by atoms with E-state index in [1.807, 2.05) is 6.92 Å². The van der Waals surface area contributed by atoms with Crippen LogP contribution in [-0.4, -0.2) is 60.8 Å². The molecule has 13 heavy (non-hydrogen) atoms. The van der Waals surface area contributed by atoms with Crippen LogP contribution in [0.2, 0.25) is 0 Å². The molecule has 0 aromatic heterocycles. The van der Waals surface area contributed by atoms with Gasteiger partial charge in [-0.05, 0) is 39.9 Å². The molecule has 0 aliphatic carbocycles. The zero-order chi connectivity index (χ0) is 9.68. The quantitative estimate of drug-likeness (QED) is 0.691. The number of nitrogens with zero attached hydrogens (tertiary/aromatic N) is 2. The Morgan fingerprint density at radius 1 is 1.23 bits per heavy atom. The second kappa shape index (κ2) is 5.58. The molecule has 1 aliphatic heterocycles. The Hall–Kier alpha value is -0.120. The van der Waals surface area contributed by atoms with Crippen LogP contribution in [0, 0.1) is 0 Å². The van der Waals surface area contributed by atoms with Gasteiger partial charge in [0.25, 0.3) is 0 Å². The van der Waals surface area contributed by atoms with E-state index in [2.05, 4.69) is 16.8 Å². The van der Waals surface area contributed by atoms with Gasteiger partial charge in [0.05, 0.1) is 6.10 Å². The molecule has 1 N–H and O–H groups in total. The molecule has 0 radical (unpaired) electrons. The van der Waals surface area contributed by atoms with Gasteiger partial charge in [0.15, 0.2) is 0 Å². The Labute approximate surface area is 81.3 Å². The maximum Gasteiger partial charge on any atom is 0.0524 e. The number of aliphatic hydroxyl groups is 1. The van der Waals surface area contributed by atoms with Gasteiger partial charge in [-0.25, -0.2) is 0 Å². The van der Waals surface area contributed by atoms with Crippen molar-refractivity contribution in [1.29, 1.82) is 0 Å². The number of hydrogen-bond acceptors (Lipinski definition) is 3. The first-order valence-electron chi connectivity index (χ1n) is 5.27. The topological polar surface area (TPSA) is 26.7 Å². The third-order valence-electron chi connectivity index (χ3n) is 2.68. The van der Waals surface area contributed by atoms with E-state index in [9.17, 15) is 0 Å². The second-order valence-corrected chi connectivity index (χ2v) is 4.14. The zero-order valence-electron chi connectivity index (χ0n) is 8.87. The molecule has 0 bridgehead atoms. The molecule has 1 atom stereocenters. The highest BCUT2D eigenvalue weighted by molar-refractivity contribution is 4.67. The summed E-state index contributed by atoms with van der Waals surface area (Å²) in [7, 11) is 2.18. The summed E-state index contributed by atoms with van der Waals surface area (Å²) in [6.45, 7) is 7.64. The van der Waals surface area contributed by atoms with Gasteiger partial charge in [0.1, 0.15) is 0 Å². The van der Waals surface area contributed by atoms with Gasteiger partial charge in [-0.15, -0.1) is 0 Å². The van der Waals surface area contributed by atoms with Crippen LogP contribution < -0.4 is 0 Å². The predicted octanol–water partition coefficient (Wildman–Crippen LogP) is 0.395. The van der Waals surface area contributed by atoms with Crippen molar-refractivity contribution < 1.29 is 5.11 Å². The van der Waals surface area contributed by atoms with Crippen molar-refractivity contribution in [2.24, 2.45) is 0 Å².